The van der Waals surface area contributed by atoms with Crippen molar-refractivity contribution < 1.29 is 37.3 Å². The maximum atomic E-state index is 13.5. The third-order valence-electron chi connectivity index (χ3n) is 14.4. The van der Waals surface area contributed by atoms with Crippen molar-refractivity contribution in [3.8, 4) is 0 Å². The van der Waals surface area contributed by atoms with E-state index >= 15 is 0 Å². The number of phosphoric ester groups is 1. The van der Waals surface area contributed by atoms with Gasteiger partial charge in [-0.05, 0) is 96.0 Å². The van der Waals surface area contributed by atoms with Crippen LogP contribution in [0.2, 0.25) is 0 Å². The molecular formula is C68H126N2O7P+. The van der Waals surface area contributed by atoms with Crippen LogP contribution in [0.15, 0.2) is 72.9 Å². The van der Waals surface area contributed by atoms with Crippen molar-refractivity contribution in [2.24, 2.45) is 0 Å². The Kier molecular flexibility index (Phi) is 55.8. The summed E-state index contributed by atoms with van der Waals surface area (Å²) in [5, 5.41) is 3.04. The molecule has 10 heteroatoms. The average Bonchev–Trinajstić information content (AvgIpc) is 3.40. The van der Waals surface area contributed by atoms with E-state index in [4.69, 9.17) is 13.8 Å². The van der Waals surface area contributed by atoms with Gasteiger partial charge in [0.15, 0.2) is 0 Å². The zero-order chi connectivity index (χ0) is 57.2. The van der Waals surface area contributed by atoms with Crippen LogP contribution in [-0.4, -0.2) is 74.3 Å². The van der Waals surface area contributed by atoms with Crippen molar-refractivity contribution in [3.05, 3.63) is 72.9 Å². The van der Waals surface area contributed by atoms with E-state index in [1.165, 1.54) is 173 Å². The number of amides is 1. The predicted octanol–water partition coefficient (Wildman–Crippen LogP) is 20.4. The van der Waals surface area contributed by atoms with Crippen LogP contribution in [0.5, 0.6) is 0 Å². The molecule has 0 aromatic heterocycles. The second-order valence-electron chi connectivity index (χ2n) is 23.3. The monoisotopic (exact) mass is 1110 g/mol. The molecule has 0 saturated heterocycles. The number of unbranched alkanes of at least 4 members (excludes halogenated alkanes) is 33. The number of likely N-dealkylation sites (N-methyl/N-ethyl adjacent to an activating group) is 1. The number of quaternary nitrogens is 1. The number of rotatable bonds is 59. The number of esters is 1. The van der Waals surface area contributed by atoms with Crippen molar-refractivity contribution >= 4 is 19.7 Å². The summed E-state index contributed by atoms with van der Waals surface area (Å²) in [5.41, 5.74) is 0. The van der Waals surface area contributed by atoms with E-state index in [-0.39, 0.29) is 31.5 Å². The van der Waals surface area contributed by atoms with Gasteiger partial charge in [-0.1, -0.05) is 261 Å². The van der Waals surface area contributed by atoms with Gasteiger partial charge in [0.25, 0.3) is 0 Å². The fourth-order valence-electron chi connectivity index (χ4n) is 9.34. The summed E-state index contributed by atoms with van der Waals surface area (Å²) < 4.78 is 30.7. The Hall–Kier alpha value is -2.55. The number of nitrogens with one attached hydrogen (secondary N) is 1. The van der Waals surface area contributed by atoms with E-state index in [9.17, 15) is 19.0 Å². The second-order valence-corrected chi connectivity index (χ2v) is 24.7. The highest BCUT2D eigenvalue weighted by Crippen LogP contribution is 2.43. The molecule has 0 rings (SSSR count). The standard InChI is InChI=1S/C68H125N2O7P/c1-7-10-13-16-19-22-25-27-29-31-32-33-34-35-36-37-38-39-41-43-46-49-52-55-58-61-68(72)77-66(59-56-53-50-47-44-24-21-18-15-12-9-3)65(64-76-78(73,74)75-63-62-70(4,5)6)69-67(71)60-57-54-51-48-45-42-40-30-28-26-23-20-17-14-11-8-2/h11,14,20,23,27-30,42,45,56,59,65-66H,7-10,12-13,15-19,21-22,24-26,31-41,43-44,46-55,57-58,60-64H2,1-6H3,(H-,69,71,73,74)/p+1/b14-11+,23-20+,29-27+,30-28+,45-42+,59-56-. The van der Waals surface area contributed by atoms with Crippen molar-refractivity contribution in [1.29, 1.82) is 0 Å². The highest BCUT2D eigenvalue weighted by atomic mass is 31.2. The minimum Gasteiger partial charge on any atom is -0.456 e. The first-order valence-electron chi connectivity index (χ1n) is 32.8. The molecule has 0 radical (unpaired) electrons. The van der Waals surface area contributed by atoms with E-state index in [2.05, 4.69) is 86.8 Å². The van der Waals surface area contributed by atoms with Crippen molar-refractivity contribution in [1.82, 2.24) is 5.32 Å². The highest BCUT2D eigenvalue weighted by Gasteiger charge is 2.30. The number of carbonyl (C=O) groups is 2. The molecule has 0 heterocycles. The summed E-state index contributed by atoms with van der Waals surface area (Å²) in [7, 11) is 1.47. The van der Waals surface area contributed by atoms with Gasteiger partial charge in [0.05, 0.1) is 33.8 Å². The molecule has 0 aliphatic rings. The Morgan fingerprint density at radius 1 is 0.462 bits per heavy atom. The van der Waals surface area contributed by atoms with Crippen LogP contribution in [0.1, 0.15) is 297 Å². The summed E-state index contributed by atoms with van der Waals surface area (Å²) in [5.74, 6) is -0.536. The lowest BCUT2D eigenvalue weighted by Crippen LogP contribution is -2.47. The Morgan fingerprint density at radius 3 is 1.26 bits per heavy atom. The number of hydrogen-bond donors (Lipinski definition) is 2. The molecule has 0 spiro atoms. The summed E-state index contributed by atoms with van der Waals surface area (Å²) in [6, 6.07) is -0.866. The molecule has 78 heavy (non-hydrogen) atoms. The summed E-state index contributed by atoms with van der Waals surface area (Å²) in [6.45, 7) is 6.88. The Bertz CT molecular complexity index is 1570. The minimum absolute atomic E-state index is 0.0323. The first kappa shape index (κ1) is 75.5. The molecule has 0 bridgehead atoms. The minimum atomic E-state index is -4.46. The van der Waals surface area contributed by atoms with Crippen LogP contribution in [-0.2, 0) is 27.9 Å². The number of allylic oxidation sites excluding steroid dienone is 11. The van der Waals surface area contributed by atoms with Gasteiger partial charge in [0, 0.05) is 12.8 Å². The average molecular weight is 1110 g/mol. The van der Waals surface area contributed by atoms with Crippen molar-refractivity contribution in [2.45, 2.75) is 309 Å². The van der Waals surface area contributed by atoms with Gasteiger partial charge >= 0.3 is 13.8 Å². The van der Waals surface area contributed by atoms with Crippen LogP contribution in [0.25, 0.3) is 0 Å². The smallest absolute Gasteiger partial charge is 0.456 e. The molecule has 0 aliphatic carbocycles. The summed E-state index contributed by atoms with van der Waals surface area (Å²) in [6.07, 6.45) is 74.9. The molecule has 0 aliphatic heterocycles. The molecular weight excluding hydrogens is 988 g/mol. The van der Waals surface area contributed by atoms with Crippen molar-refractivity contribution in [2.75, 3.05) is 40.9 Å². The fourth-order valence-corrected chi connectivity index (χ4v) is 10.1. The van der Waals surface area contributed by atoms with Gasteiger partial charge in [-0.15, -0.1) is 0 Å². The van der Waals surface area contributed by atoms with E-state index in [1.54, 1.807) is 0 Å². The zero-order valence-electron chi connectivity index (χ0n) is 51.9. The maximum absolute atomic E-state index is 13.5. The molecule has 3 unspecified atom stereocenters. The quantitative estimate of drug-likeness (QED) is 0.0205. The van der Waals surface area contributed by atoms with Gasteiger partial charge in [-0.25, -0.2) is 4.57 Å². The lowest BCUT2D eigenvalue weighted by molar-refractivity contribution is -0.870. The van der Waals surface area contributed by atoms with Crippen LogP contribution in [0.3, 0.4) is 0 Å². The zero-order valence-corrected chi connectivity index (χ0v) is 52.8. The fraction of sp³-hybridized carbons (Fsp3) is 0.794. The van der Waals surface area contributed by atoms with Crippen LogP contribution >= 0.6 is 7.82 Å². The molecule has 3 atom stereocenters. The lowest BCUT2D eigenvalue weighted by Gasteiger charge is -2.27. The molecule has 454 valence electrons. The first-order chi connectivity index (χ1) is 37.9. The van der Waals surface area contributed by atoms with Crippen LogP contribution < -0.4 is 5.32 Å². The SMILES string of the molecule is CC/C=C/C/C=C/C/C=C/C/C=C/CCCCCC(=O)NC(COP(=O)(O)OCC[N+](C)(C)C)C(/C=C\CCCCCCCCCCC)OC(=O)CCCCCCCCCCCCCCCCC/C=C/CCCCCCCC. The molecule has 0 aromatic rings. The third kappa shape index (κ3) is 58.1. The summed E-state index contributed by atoms with van der Waals surface area (Å²) in [4.78, 5) is 37.7. The highest BCUT2D eigenvalue weighted by molar-refractivity contribution is 7.47. The number of hydrogen-bond acceptors (Lipinski definition) is 6. The predicted molar refractivity (Wildman–Crippen MR) is 337 cm³/mol. The molecule has 2 N–H and O–H groups in total. The number of phosphoric acid groups is 1. The van der Waals surface area contributed by atoms with Gasteiger partial charge in [-0.2, -0.15) is 0 Å². The molecule has 0 aromatic carbocycles. The van der Waals surface area contributed by atoms with Crippen LogP contribution in [0.4, 0.5) is 0 Å². The van der Waals surface area contributed by atoms with Crippen molar-refractivity contribution in [3.63, 3.8) is 0 Å². The van der Waals surface area contributed by atoms with Gasteiger partial charge in [-0.3, -0.25) is 18.6 Å². The second kappa shape index (κ2) is 57.7. The van der Waals surface area contributed by atoms with Gasteiger partial charge < -0.3 is 19.4 Å². The first-order valence-corrected chi connectivity index (χ1v) is 34.3. The largest absolute Gasteiger partial charge is 0.472 e. The Labute approximate surface area is 483 Å². The molecule has 1 amide bonds. The Balaban J connectivity index is 5.09. The number of nitrogens with zero attached hydrogens (tertiary/aromatic N) is 1. The molecule has 0 saturated carbocycles. The van der Waals surface area contributed by atoms with Gasteiger partial charge in [0.1, 0.15) is 19.3 Å². The topological polar surface area (TPSA) is 111 Å². The molecule has 9 nitrogen and oxygen atoms in total. The van der Waals surface area contributed by atoms with E-state index < -0.39 is 20.0 Å². The van der Waals surface area contributed by atoms with E-state index in [0.29, 0.717) is 23.9 Å². The van der Waals surface area contributed by atoms with E-state index in [1.807, 2.05) is 33.3 Å². The lowest BCUT2D eigenvalue weighted by atomic mass is 10.0. The van der Waals surface area contributed by atoms with Gasteiger partial charge in [0.2, 0.25) is 5.91 Å². The van der Waals surface area contributed by atoms with Crippen LogP contribution in [0, 0.1) is 0 Å². The normalized spacial score (nSPS) is 14.1. The summed E-state index contributed by atoms with van der Waals surface area (Å²) >= 11 is 0. The third-order valence-corrected chi connectivity index (χ3v) is 15.4. The van der Waals surface area contributed by atoms with E-state index in [0.717, 1.165) is 83.5 Å². The maximum Gasteiger partial charge on any atom is 0.472 e. The Morgan fingerprint density at radius 2 is 0.821 bits per heavy atom. The number of carbonyl (C=O) groups excluding carboxylic acids is 2. The number of ether oxygens (including phenoxy) is 1. The molecule has 0 fully saturated rings.